The van der Waals surface area contributed by atoms with Gasteiger partial charge in [-0.2, -0.15) is 0 Å². The molecule has 0 spiro atoms. The smallest absolute Gasteiger partial charge is 0.269 e. The van der Waals surface area contributed by atoms with Crippen LogP contribution >= 0.6 is 0 Å². The van der Waals surface area contributed by atoms with Crippen molar-refractivity contribution in [2.24, 2.45) is 0 Å². The van der Waals surface area contributed by atoms with Crippen LogP contribution in [0.3, 0.4) is 0 Å². The molecule has 0 aliphatic carbocycles. The lowest BCUT2D eigenvalue weighted by molar-refractivity contribution is -0.384. The maximum absolute atomic E-state index is 13.0. The number of non-ortho nitro benzene ring substituents is 1. The zero-order valence-corrected chi connectivity index (χ0v) is 11.1. The van der Waals surface area contributed by atoms with Crippen molar-refractivity contribution in [3.8, 4) is 0 Å². The number of halogens is 1. The Balaban J connectivity index is 2.13. The molecule has 0 amide bonds. The average Bonchev–Trinajstić information content (AvgIpc) is 2.53. The Morgan fingerprint density at radius 2 is 1.81 bits per heavy atom. The molecule has 0 bridgehead atoms. The lowest BCUT2D eigenvalue weighted by Gasteiger charge is -2.13. The topological polar surface area (TPSA) is 63.4 Å². The highest BCUT2D eigenvalue weighted by molar-refractivity contribution is 5.65. The first kappa shape index (κ1) is 14.9. The van der Waals surface area contributed by atoms with Gasteiger partial charge in [-0.15, -0.1) is 0 Å². The molecule has 0 saturated heterocycles. The highest BCUT2D eigenvalue weighted by Crippen LogP contribution is 2.28. The van der Waals surface area contributed by atoms with E-state index in [-0.39, 0.29) is 12.1 Å². The molecule has 2 rings (SSSR count). The maximum atomic E-state index is 13.0. The van der Waals surface area contributed by atoms with E-state index in [4.69, 9.17) is 0 Å². The van der Waals surface area contributed by atoms with Gasteiger partial charge < -0.3 is 5.11 Å². The van der Waals surface area contributed by atoms with Gasteiger partial charge in [-0.1, -0.05) is 30.3 Å². The SMILES string of the molecule is O=[N+]([O-])c1ccc(C(O)C/C(=C\F)c2ccccc2)cc1. The average molecular weight is 287 g/mol. The van der Waals surface area contributed by atoms with Crippen LogP contribution in [-0.4, -0.2) is 10.0 Å². The quantitative estimate of drug-likeness (QED) is 0.667. The Labute approximate surface area is 121 Å². The van der Waals surface area contributed by atoms with Crippen molar-refractivity contribution in [1.29, 1.82) is 0 Å². The molecule has 1 unspecified atom stereocenters. The predicted octanol–water partition coefficient (Wildman–Crippen LogP) is 4.03. The van der Waals surface area contributed by atoms with Gasteiger partial charge in [0.2, 0.25) is 0 Å². The van der Waals surface area contributed by atoms with E-state index < -0.39 is 11.0 Å². The summed E-state index contributed by atoms with van der Waals surface area (Å²) >= 11 is 0. The van der Waals surface area contributed by atoms with Gasteiger partial charge in [-0.05, 0) is 28.8 Å². The highest BCUT2D eigenvalue weighted by Gasteiger charge is 2.13. The molecule has 0 aromatic heterocycles. The summed E-state index contributed by atoms with van der Waals surface area (Å²) in [6.45, 7) is 0. The van der Waals surface area contributed by atoms with Crippen LogP contribution in [0.5, 0.6) is 0 Å². The summed E-state index contributed by atoms with van der Waals surface area (Å²) in [6.07, 6.45) is -0.351. The highest BCUT2D eigenvalue weighted by atomic mass is 19.1. The Morgan fingerprint density at radius 3 is 2.33 bits per heavy atom. The molecule has 108 valence electrons. The van der Waals surface area contributed by atoms with E-state index in [9.17, 15) is 19.6 Å². The van der Waals surface area contributed by atoms with Crippen LogP contribution in [0.15, 0.2) is 60.9 Å². The fourth-order valence-corrected chi connectivity index (χ4v) is 2.02. The van der Waals surface area contributed by atoms with Gasteiger partial charge in [0.1, 0.15) is 0 Å². The minimum absolute atomic E-state index is 0.0460. The zero-order chi connectivity index (χ0) is 15.2. The number of benzene rings is 2. The van der Waals surface area contributed by atoms with Gasteiger partial charge in [0.25, 0.3) is 5.69 Å². The number of rotatable bonds is 5. The van der Waals surface area contributed by atoms with Crippen molar-refractivity contribution in [2.75, 3.05) is 0 Å². The molecule has 2 aromatic carbocycles. The van der Waals surface area contributed by atoms with Gasteiger partial charge in [0.05, 0.1) is 17.4 Å². The van der Waals surface area contributed by atoms with Crippen LogP contribution in [-0.2, 0) is 0 Å². The molecule has 0 heterocycles. The molecular formula is C16H14FNO3. The van der Waals surface area contributed by atoms with Crippen LogP contribution in [0.2, 0.25) is 0 Å². The van der Waals surface area contributed by atoms with E-state index in [1.165, 1.54) is 24.3 Å². The number of aliphatic hydroxyl groups is 1. The summed E-state index contributed by atoms with van der Waals surface area (Å²) in [5.41, 5.74) is 1.54. The van der Waals surface area contributed by atoms with Crippen molar-refractivity contribution in [1.82, 2.24) is 0 Å². The van der Waals surface area contributed by atoms with Crippen molar-refractivity contribution < 1.29 is 14.4 Å². The number of aliphatic hydroxyl groups excluding tert-OH is 1. The number of nitrogens with zero attached hydrogens (tertiary/aromatic N) is 1. The number of nitro benzene ring substituents is 1. The third-order valence-corrected chi connectivity index (χ3v) is 3.18. The first-order chi connectivity index (χ1) is 10.1. The molecule has 1 N–H and O–H groups in total. The van der Waals surface area contributed by atoms with Gasteiger partial charge >= 0.3 is 0 Å². The fraction of sp³-hybridized carbons (Fsp3) is 0.125. The first-order valence-corrected chi connectivity index (χ1v) is 6.39. The van der Waals surface area contributed by atoms with E-state index in [1.807, 2.05) is 6.07 Å². The van der Waals surface area contributed by atoms with Crippen molar-refractivity contribution in [3.63, 3.8) is 0 Å². The van der Waals surface area contributed by atoms with E-state index in [1.54, 1.807) is 24.3 Å². The molecular weight excluding hydrogens is 273 g/mol. The lowest BCUT2D eigenvalue weighted by Crippen LogP contribution is -1.99. The van der Waals surface area contributed by atoms with Crippen LogP contribution in [0.1, 0.15) is 23.7 Å². The summed E-state index contributed by atoms with van der Waals surface area (Å²) in [4.78, 5) is 10.1. The summed E-state index contributed by atoms with van der Waals surface area (Å²) in [7, 11) is 0. The summed E-state index contributed by atoms with van der Waals surface area (Å²) in [5.74, 6) is 0. The molecule has 1 atom stereocenters. The van der Waals surface area contributed by atoms with E-state index in [0.717, 1.165) is 0 Å². The number of hydrogen-bond acceptors (Lipinski definition) is 3. The van der Waals surface area contributed by atoms with Gasteiger partial charge in [-0.3, -0.25) is 10.1 Å². The van der Waals surface area contributed by atoms with Crippen molar-refractivity contribution >= 4 is 11.3 Å². The second-order valence-electron chi connectivity index (χ2n) is 4.57. The van der Waals surface area contributed by atoms with Crippen LogP contribution in [0, 0.1) is 10.1 Å². The fourth-order valence-electron chi connectivity index (χ4n) is 2.02. The van der Waals surface area contributed by atoms with Crippen molar-refractivity contribution in [2.45, 2.75) is 12.5 Å². The summed E-state index contributed by atoms with van der Waals surface area (Å²) < 4.78 is 13.0. The number of hydrogen-bond donors (Lipinski definition) is 1. The number of nitro groups is 1. The monoisotopic (exact) mass is 287 g/mol. The maximum Gasteiger partial charge on any atom is 0.269 e. The molecule has 0 fully saturated rings. The first-order valence-electron chi connectivity index (χ1n) is 6.39. The van der Waals surface area contributed by atoms with E-state index >= 15 is 0 Å². The molecule has 0 aliphatic heterocycles. The molecule has 21 heavy (non-hydrogen) atoms. The van der Waals surface area contributed by atoms with Crippen LogP contribution in [0.25, 0.3) is 5.57 Å². The van der Waals surface area contributed by atoms with Gasteiger partial charge in [0.15, 0.2) is 0 Å². The van der Waals surface area contributed by atoms with E-state index in [0.29, 0.717) is 23.0 Å². The minimum Gasteiger partial charge on any atom is -0.388 e. The second-order valence-corrected chi connectivity index (χ2v) is 4.57. The molecule has 0 radical (unpaired) electrons. The van der Waals surface area contributed by atoms with Crippen LogP contribution in [0.4, 0.5) is 10.1 Å². The molecule has 5 heteroatoms. The third-order valence-electron chi connectivity index (χ3n) is 3.18. The van der Waals surface area contributed by atoms with Crippen LogP contribution < -0.4 is 0 Å². The Hall–Kier alpha value is -2.53. The van der Waals surface area contributed by atoms with E-state index in [2.05, 4.69) is 0 Å². The normalized spacial score (nSPS) is 13.0. The molecule has 0 aliphatic rings. The Bertz CT molecular complexity index is 638. The summed E-state index contributed by atoms with van der Waals surface area (Å²) in [5, 5.41) is 20.7. The standard InChI is InChI=1S/C16H14FNO3/c17-11-14(12-4-2-1-3-5-12)10-16(19)13-6-8-15(9-7-13)18(20)21/h1-9,11,16,19H,10H2/b14-11+. The van der Waals surface area contributed by atoms with Gasteiger partial charge in [0, 0.05) is 18.6 Å². The summed E-state index contributed by atoms with van der Waals surface area (Å²) in [6, 6.07) is 14.5. The Kier molecular flexibility index (Phi) is 4.79. The molecule has 0 saturated carbocycles. The largest absolute Gasteiger partial charge is 0.388 e. The molecule has 2 aromatic rings. The molecule has 4 nitrogen and oxygen atoms in total. The third kappa shape index (κ3) is 3.73. The van der Waals surface area contributed by atoms with Crippen molar-refractivity contribution in [3.05, 3.63) is 82.2 Å². The minimum atomic E-state index is -0.923. The van der Waals surface area contributed by atoms with Gasteiger partial charge in [-0.25, -0.2) is 4.39 Å². The Morgan fingerprint density at radius 1 is 1.19 bits per heavy atom. The zero-order valence-electron chi connectivity index (χ0n) is 11.1. The lowest BCUT2D eigenvalue weighted by atomic mass is 9.97. The predicted molar refractivity (Wildman–Crippen MR) is 78.2 cm³/mol. The second kappa shape index (κ2) is 6.76.